The van der Waals surface area contributed by atoms with E-state index in [0.717, 1.165) is 46.0 Å². The van der Waals surface area contributed by atoms with E-state index in [2.05, 4.69) is 31.1 Å². The van der Waals surface area contributed by atoms with Gasteiger partial charge in [-0.05, 0) is 48.4 Å². The van der Waals surface area contributed by atoms with Gasteiger partial charge in [-0.1, -0.05) is 35.0 Å². The van der Waals surface area contributed by atoms with Gasteiger partial charge in [0.15, 0.2) is 0 Å². The second-order valence-electron chi connectivity index (χ2n) is 4.74. The molecule has 7 heteroatoms. The molecule has 0 fully saturated rings. The summed E-state index contributed by atoms with van der Waals surface area (Å²) >= 11 is 4.49. The van der Waals surface area contributed by atoms with Crippen LogP contribution in [0.4, 0.5) is 0 Å². The summed E-state index contributed by atoms with van der Waals surface area (Å²) in [6, 6.07) is 5.70. The molecule has 1 aromatic heterocycles. The highest BCUT2D eigenvalue weighted by Gasteiger charge is 2.13. The van der Waals surface area contributed by atoms with Crippen molar-refractivity contribution < 1.29 is 9.90 Å². The van der Waals surface area contributed by atoms with E-state index in [1.165, 1.54) is 0 Å². The summed E-state index contributed by atoms with van der Waals surface area (Å²) in [6.45, 7) is 4.03. The van der Waals surface area contributed by atoms with E-state index in [1.54, 1.807) is 6.08 Å². The third-order valence-electron chi connectivity index (χ3n) is 2.90. The van der Waals surface area contributed by atoms with Crippen LogP contribution in [0.1, 0.15) is 30.3 Å². The molecule has 2 aromatic rings. The maximum Gasteiger partial charge on any atom is 0.342 e. The van der Waals surface area contributed by atoms with Crippen LogP contribution in [0.3, 0.4) is 0 Å². The number of benzene rings is 1. The van der Waals surface area contributed by atoms with Gasteiger partial charge in [0.1, 0.15) is 10.7 Å². The third kappa shape index (κ3) is 4.45. The Morgan fingerprint density at radius 1 is 1.50 bits per heavy atom. The van der Waals surface area contributed by atoms with Crippen molar-refractivity contribution in [3.05, 3.63) is 44.5 Å². The number of rotatable bonds is 6. The van der Waals surface area contributed by atoms with Crippen molar-refractivity contribution in [3.63, 3.8) is 0 Å². The summed E-state index contributed by atoms with van der Waals surface area (Å²) in [7, 11) is 0. The predicted octanol–water partition coefficient (Wildman–Crippen LogP) is 4.05. The molecule has 0 amide bonds. The molecule has 0 saturated carbocycles. The first-order chi connectivity index (χ1) is 10.5. The first kappa shape index (κ1) is 16.8. The zero-order valence-corrected chi connectivity index (χ0v) is 14.7. The van der Waals surface area contributed by atoms with Crippen LogP contribution in [0.15, 0.2) is 32.7 Å². The molecule has 0 aliphatic rings. The number of carboxylic acids is 1. The van der Waals surface area contributed by atoms with Crippen LogP contribution in [-0.4, -0.2) is 26.3 Å². The Bertz CT molecular complexity index is 713. The summed E-state index contributed by atoms with van der Waals surface area (Å²) in [5, 5.41) is 16.6. The fourth-order valence-corrected chi connectivity index (χ4v) is 2.88. The average molecular weight is 382 g/mol. The van der Waals surface area contributed by atoms with Crippen LogP contribution in [0.25, 0.3) is 6.08 Å². The summed E-state index contributed by atoms with van der Waals surface area (Å²) in [5.41, 5.74) is 1.91. The number of hydrogen-bond acceptors (Lipinski definition) is 4. The van der Waals surface area contributed by atoms with Crippen molar-refractivity contribution >= 4 is 39.7 Å². The van der Waals surface area contributed by atoms with Gasteiger partial charge in [-0.2, -0.15) is 0 Å². The van der Waals surface area contributed by atoms with Crippen LogP contribution < -0.4 is 0 Å². The van der Waals surface area contributed by atoms with Crippen LogP contribution >= 0.6 is 27.7 Å². The van der Waals surface area contributed by atoms with Gasteiger partial charge >= 0.3 is 5.97 Å². The zero-order valence-electron chi connectivity index (χ0n) is 12.3. The second-order valence-corrected chi connectivity index (χ2v) is 6.60. The van der Waals surface area contributed by atoms with Crippen LogP contribution in [0.2, 0.25) is 0 Å². The lowest BCUT2D eigenvalue weighted by Crippen LogP contribution is -1.97. The second kappa shape index (κ2) is 7.60. The van der Waals surface area contributed by atoms with Gasteiger partial charge in [0, 0.05) is 10.9 Å². The van der Waals surface area contributed by atoms with E-state index >= 15 is 0 Å². The molecule has 22 heavy (non-hydrogen) atoms. The molecule has 1 aromatic carbocycles. The Morgan fingerprint density at radius 2 is 2.27 bits per heavy atom. The van der Waals surface area contributed by atoms with Crippen molar-refractivity contribution in [3.8, 4) is 0 Å². The molecule has 5 nitrogen and oxygen atoms in total. The van der Waals surface area contributed by atoms with Crippen molar-refractivity contribution in [1.29, 1.82) is 0 Å². The Morgan fingerprint density at radius 3 is 2.91 bits per heavy atom. The summed E-state index contributed by atoms with van der Waals surface area (Å²) in [4.78, 5) is 15.9. The fraction of sp³-hybridized carbons (Fsp3) is 0.267. The number of carbonyl (C=O) groups is 1. The molecule has 0 spiro atoms. The number of nitrogens with zero attached hydrogens (tertiary/aromatic N) is 2. The highest BCUT2D eigenvalue weighted by atomic mass is 79.9. The molecule has 2 N–H and O–H groups in total. The van der Waals surface area contributed by atoms with Gasteiger partial charge in [0.05, 0.1) is 0 Å². The molecule has 0 aliphatic heterocycles. The van der Waals surface area contributed by atoms with Gasteiger partial charge in [0.2, 0.25) is 5.16 Å². The van der Waals surface area contributed by atoms with Gasteiger partial charge < -0.3 is 5.11 Å². The van der Waals surface area contributed by atoms with Crippen molar-refractivity contribution in [2.45, 2.75) is 31.8 Å². The molecular formula is C15H16BrN3O2S. The lowest BCUT2D eigenvalue weighted by atomic mass is 10.1. The van der Waals surface area contributed by atoms with Gasteiger partial charge in [-0.15, -0.1) is 5.10 Å². The van der Waals surface area contributed by atoms with Crippen molar-refractivity contribution in [2.75, 3.05) is 0 Å². The number of hydrogen-bond donors (Lipinski definition) is 2. The zero-order chi connectivity index (χ0) is 16.1. The van der Waals surface area contributed by atoms with Gasteiger partial charge in [-0.3, -0.25) is 5.10 Å². The molecule has 0 bridgehead atoms. The Balaban J connectivity index is 2.23. The minimum atomic E-state index is -0.997. The van der Waals surface area contributed by atoms with E-state index in [1.807, 2.05) is 32.0 Å². The Hall–Kier alpha value is -1.60. The quantitative estimate of drug-likeness (QED) is 0.582. The number of carboxylic acid groups (broad SMARTS) is 1. The van der Waals surface area contributed by atoms with E-state index in [9.17, 15) is 9.90 Å². The first-order valence-electron chi connectivity index (χ1n) is 6.80. The largest absolute Gasteiger partial charge is 0.477 e. The van der Waals surface area contributed by atoms with Crippen LogP contribution in [-0.2, 0) is 11.2 Å². The molecule has 0 unspecified atom stereocenters. The van der Waals surface area contributed by atoms with E-state index in [-0.39, 0.29) is 4.91 Å². The number of aromatic nitrogens is 3. The SMILES string of the molecule is CCCc1nc(S/C(=C\c2ccc(C)c(Br)c2)C(=O)O)n[nH]1. The Kier molecular flexibility index (Phi) is 5.79. The van der Waals surface area contributed by atoms with Crippen LogP contribution in [0.5, 0.6) is 0 Å². The third-order valence-corrected chi connectivity index (χ3v) is 4.64. The minimum absolute atomic E-state index is 0.179. The topological polar surface area (TPSA) is 78.9 Å². The summed E-state index contributed by atoms with van der Waals surface area (Å²) in [5.74, 6) is -0.226. The molecule has 2 rings (SSSR count). The number of aliphatic carboxylic acids is 1. The number of halogens is 1. The monoisotopic (exact) mass is 381 g/mol. The van der Waals surface area contributed by atoms with Crippen LogP contribution in [0, 0.1) is 6.92 Å². The van der Waals surface area contributed by atoms with E-state index in [0.29, 0.717) is 5.16 Å². The highest BCUT2D eigenvalue weighted by molar-refractivity contribution is 9.10. The minimum Gasteiger partial charge on any atom is -0.477 e. The maximum atomic E-state index is 11.4. The highest BCUT2D eigenvalue weighted by Crippen LogP contribution is 2.27. The molecule has 1 heterocycles. The van der Waals surface area contributed by atoms with Gasteiger partial charge in [0.25, 0.3) is 0 Å². The lowest BCUT2D eigenvalue weighted by Gasteiger charge is -2.02. The van der Waals surface area contributed by atoms with Crippen molar-refractivity contribution in [1.82, 2.24) is 15.2 Å². The normalized spacial score (nSPS) is 11.7. The summed E-state index contributed by atoms with van der Waals surface area (Å²) in [6.07, 6.45) is 3.37. The molecule has 0 atom stereocenters. The molecule has 116 valence electrons. The maximum absolute atomic E-state index is 11.4. The smallest absolute Gasteiger partial charge is 0.342 e. The first-order valence-corrected chi connectivity index (χ1v) is 8.40. The number of nitrogens with one attached hydrogen (secondary N) is 1. The molecular weight excluding hydrogens is 366 g/mol. The number of thioether (sulfide) groups is 1. The lowest BCUT2D eigenvalue weighted by molar-refractivity contribution is -0.131. The molecule has 0 radical (unpaired) electrons. The fourth-order valence-electron chi connectivity index (χ4n) is 1.76. The average Bonchev–Trinajstić information content (AvgIpc) is 2.90. The van der Waals surface area contributed by atoms with Crippen molar-refractivity contribution in [2.24, 2.45) is 0 Å². The molecule has 0 aliphatic carbocycles. The predicted molar refractivity (Wildman–Crippen MR) is 90.7 cm³/mol. The number of aromatic amines is 1. The van der Waals surface area contributed by atoms with E-state index in [4.69, 9.17) is 0 Å². The van der Waals surface area contributed by atoms with Gasteiger partial charge in [-0.25, -0.2) is 9.78 Å². The molecule has 0 saturated heterocycles. The number of aryl methyl sites for hydroxylation is 2. The van der Waals surface area contributed by atoms with E-state index < -0.39 is 5.97 Å². The number of H-pyrrole nitrogens is 1. The Labute approximate surface area is 141 Å². The standard InChI is InChI=1S/C15H16BrN3O2S/c1-3-4-13-17-15(19-18-13)22-12(14(20)21)8-10-6-5-9(2)11(16)7-10/h5-8H,3-4H2,1-2H3,(H,20,21)(H,17,18,19)/b12-8-. The summed E-state index contributed by atoms with van der Waals surface area (Å²) < 4.78 is 0.944.